The quantitative estimate of drug-likeness (QED) is 0.815. The van der Waals surface area contributed by atoms with Crippen LogP contribution in [-0.2, 0) is 11.2 Å². The number of aromatic nitrogens is 2. The summed E-state index contributed by atoms with van der Waals surface area (Å²) in [5.74, 6) is -1.21. The molecule has 1 heterocycles. The Morgan fingerprint density at radius 2 is 1.92 bits per heavy atom. The molecule has 0 spiro atoms. The highest BCUT2D eigenvalue weighted by Gasteiger charge is 2.19. The van der Waals surface area contributed by atoms with E-state index in [4.69, 9.17) is 5.11 Å². The largest absolute Gasteiger partial charge is 0.481 e. The normalized spacial score (nSPS) is 10.8. The molecular formula is C18H23N3O3. The molecule has 0 fully saturated rings. The molecule has 0 saturated heterocycles. The van der Waals surface area contributed by atoms with Gasteiger partial charge in [-0.1, -0.05) is 32.0 Å². The minimum absolute atomic E-state index is 0.138. The molecule has 0 radical (unpaired) electrons. The Labute approximate surface area is 141 Å². The van der Waals surface area contributed by atoms with Crippen molar-refractivity contribution in [3.8, 4) is 0 Å². The van der Waals surface area contributed by atoms with E-state index in [1.54, 1.807) is 35.0 Å². The van der Waals surface area contributed by atoms with Crippen LogP contribution in [0, 0.1) is 6.92 Å². The van der Waals surface area contributed by atoms with Gasteiger partial charge in [-0.15, -0.1) is 0 Å². The first-order valence-corrected chi connectivity index (χ1v) is 8.13. The van der Waals surface area contributed by atoms with E-state index < -0.39 is 5.97 Å². The molecule has 6 nitrogen and oxygen atoms in total. The molecule has 2 rings (SSSR count). The van der Waals surface area contributed by atoms with Gasteiger partial charge in [0.25, 0.3) is 5.91 Å². The fourth-order valence-corrected chi connectivity index (χ4v) is 2.74. The third-order valence-electron chi connectivity index (χ3n) is 3.99. The predicted molar refractivity (Wildman–Crippen MR) is 92.3 cm³/mol. The standard InChI is InChI=1S/C18H23N3O3/c1-4-14(5-2)21-16(10-12(3)20-21)18(24)19-15-9-7-6-8-13(15)11-17(22)23/h6-10,14H,4-5,11H2,1-3H3,(H,19,24)(H,22,23). The second-order valence-corrected chi connectivity index (χ2v) is 5.77. The third-order valence-corrected chi connectivity index (χ3v) is 3.99. The number of benzene rings is 1. The predicted octanol–water partition coefficient (Wildman–Crippen LogP) is 3.43. The lowest BCUT2D eigenvalue weighted by molar-refractivity contribution is -0.136. The zero-order valence-corrected chi connectivity index (χ0v) is 14.2. The zero-order chi connectivity index (χ0) is 17.7. The van der Waals surface area contributed by atoms with E-state index in [2.05, 4.69) is 24.3 Å². The minimum Gasteiger partial charge on any atom is -0.481 e. The van der Waals surface area contributed by atoms with E-state index >= 15 is 0 Å². The van der Waals surface area contributed by atoms with Gasteiger partial charge in [0, 0.05) is 5.69 Å². The molecule has 1 aromatic carbocycles. The van der Waals surface area contributed by atoms with Crippen molar-refractivity contribution in [2.24, 2.45) is 0 Å². The number of amides is 1. The summed E-state index contributed by atoms with van der Waals surface area (Å²) in [6.45, 7) is 5.98. The molecule has 0 aliphatic heterocycles. The van der Waals surface area contributed by atoms with Crippen LogP contribution in [0.2, 0.25) is 0 Å². The molecule has 128 valence electrons. The molecule has 1 amide bonds. The maximum atomic E-state index is 12.7. The summed E-state index contributed by atoms with van der Waals surface area (Å²) in [5, 5.41) is 16.3. The van der Waals surface area contributed by atoms with Gasteiger partial charge in [-0.25, -0.2) is 0 Å². The number of aryl methyl sites for hydroxylation is 1. The van der Waals surface area contributed by atoms with Gasteiger partial charge >= 0.3 is 5.97 Å². The second-order valence-electron chi connectivity index (χ2n) is 5.77. The summed E-state index contributed by atoms with van der Waals surface area (Å²) in [4.78, 5) is 23.7. The number of carboxylic acids is 1. The van der Waals surface area contributed by atoms with Gasteiger partial charge in [-0.3, -0.25) is 14.3 Å². The van der Waals surface area contributed by atoms with Gasteiger partial charge < -0.3 is 10.4 Å². The van der Waals surface area contributed by atoms with Crippen molar-refractivity contribution in [2.75, 3.05) is 5.32 Å². The van der Waals surface area contributed by atoms with Crippen molar-refractivity contribution in [1.82, 2.24) is 9.78 Å². The summed E-state index contributed by atoms with van der Waals surface area (Å²) < 4.78 is 1.77. The third kappa shape index (κ3) is 4.01. The Hall–Kier alpha value is -2.63. The number of nitrogens with one attached hydrogen (secondary N) is 1. The van der Waals surface area contributed by atoms with Crippen LogP contribution in [-0.4, -0.2) is 26.8 Å². The zero-order valence-electron chi connectivity index (χ0n) is 14.2. The topological polar surface area (TPSA) is 84.2 Å². The number of aliphatic carboxylic acids is 1. The average molecular weight is 329 g/mol. The van der Waals surface area contributed by atoms with Crippen LogP contribution in [0.1, 0.15) is 54.5 Å². The molecule has 0 saturated carbocycles. The number of hydrogen-bond acceptors (Lipinski definition) is 3. The molecule has 2 aromatic rings. The lowest BCUT2D eigenvalue weighted by Gasteiger charge is -2.17. The number of rotatable bonds is 7. The Bertz CT molecular complexity index is 733. The minimum atomic E-state index is -0.936. The van der Waals surface area contributed by atoms with Crippen molar-refractivity contribution in [3.63, 3.8) is 0 Å². The number of carbonyl (C=O) groups is 2. The van der Waals surface area contributed by atoms with Crippen LogP contribution in [0.15, 0.2) is 30.3 Å². The van der Waals surface area contributed by atoms with E-state index in [1.165, 1.54) is 0 Å². The molecule has 2 N–H and O–H groups in total. The van der Waals surface area contributed by atoms with Crippen LogP contribution in [0.25, 0.3) is 0 Å². The summed E-state index contributed by atoms with van der Waals surface area (Å²) >= 11 is 0. The summed E-state index contributed by atoms with van der Waals surface area (Å²) in [7, 11) is 0. The van der Waals surface area contributed by atoms with Crippen LogP contribution < -0.4 is 5.32 Å². The fourth-order valence-electron chi connectivity index (χ4n) is 2.74. The van der Waals surface area contributed by atoms with E-state index in [1.807, 2.05) is 6.92 Å². The molecule has 0 unspecified atom stereocenters. The van der Waals surface area contributed by atoms with Gasteiger partial charge in [0.2, 0.25) is 0 Å². The second kappa shape index (κ2) is 7.77. The first-order chi connectivity index (χ1) is 11.5. The highest BCUT2D eigenvalue weighted by atomic mass is 16.4. The van der Waals surface area contributed by atoms with Gasteiger partial charge in [-0.05, 0) is 37.5 Å². The van der Waals surface area contributed by atoms with Crippen molar-refractivity contribution in [3.05, 3.63) is 47.3 Å². The summed E-state index contributed by atoms with van der Waals surface area (Å²) in [6.07, 6.45) is 1.63. The van der Waals surface area contributed by atoms with Crippen LogP contribution in [0.3, 0.4) is 0 Å². The Kier molecular flexibility index (Phi) is 5.73. The number of nitrogens with zero attached hydrogens (tertiary/aromatic N) is 2. The van der Waals surface area contributed by atoms with Crippen LogP contribution in [0.5, 0.6) is 0 Å². The van der Waals surface area contributed by atoms with Crippen molar-refractivity contribution >= 4 is 17.6 Å². The summed E-state index contributed by atoms with van der Waals surface area (Å²) in [5.41, 5.74) is 2.36. The number of anilines is 1. The van der Waals surface area contributed by atoms with E-state index in [-0.39, 0.29) is 18.4 Å². The highest BCUT2D eigenvalue weighted by Crippen LogP contribution is 2.21. The first-order valence-electron chi connectivity index (χ1n) is 8.13. The lowest BCUT2D eigenvalue weighted by atomic mass is 10.1. The van der Waals surface area contributed by atoms with Gasteiger partial charge in [0.15, 0.2) is 0 Å². The highest BCUT2D eigenvalue weighted by molar-refractivity contribution is 6.03. The molecule has 0 aliphatic rings. The van der Waals surface area contributed by atoms with Crippen molar-refractivity contribution in [1.29, 1.82) is 0 Å². The number of carboxylic acid groups (broad SMARTS) is 1. The van der Waals surface area contributed by atoms with Crippen molar-refractivity contribution in [2.45, 2.75) is 46.1 Å². The van der Waals surface area contributed by atoms with E-state index in [0.29, 0.717) is 16.9 Å². The number of carbonyl (C=O) groups excluding carboxylic acids is 1. The lowest BCUT2D eigenvalue weighted by Crippen LogP contribution is -2.21. The Morgan fingerprint density at radius 1 is 1.25 bits per heavy atom. The van der Waals surface area contributed by atoms with Gasteiger partial charge in [0.05, 0.1) is 18.2 Å². The number of hydrogen-bond donors (Lipinski definition) is 2. The molecule has 0 aliphatic carbocycles. The molecule has 6 heteroatoms. The smallest absolute Gasteiger partial charge is 0.307 e. The van der Waals surface area contributed by atoms with Crippen molar-refractivity contribution < 1.29 is 14.7 Å². The maximum Gasteiger partial charge on any atom is 0.307 e. The van der Waals surface area contributed by atoms with E-state index in [9.17, 15) is 9.59 Å². The average Bonchev–Trinajstić information content (AvgIpc) is 2.92. The molecule has 0 atom stereocenters. The first kappa shape index (κ1) is 17.7. The van der Waals surface area contributed by atoms with Crippen LogP contribution >= 0.6 is 0 Å². The SMILES string of the molecule is CCC(CC)n1nc(C)cc1C(=O)Nc1ccccc1CC(=O)O. The monoisotopic (exact) mass is 329 g/mol. The molecule has 24 heavy (non-hydrogen) atoms. The van der Waals surface area contributed by atoms with E-state index in [0.717, 1.165) is 18.5 Å². The Balaban J connectivity index is 2.30. The summed E-state index contributed by atoms with van der Waals surface area (Å²) in [6, 6.07) is 8.85. The fraction of sp³-hybridized carbons (Fsp3) is 0.389. The molecule has 1 aromatic heterocycles. The molecule has 0 bridgehead atoms. The number of para-hydroxylation sites is 1. The molecular weight excluding hydrogens is 306 g/mol. The maximum absolute atomic E-state index is 12.7. The van der Waals surface area contributed by atoms with Gasteiger partial charge in [-0.2, -0.15) is 5.10 Å². The van der Waals surface area contributed by atoms with Crippen LogP contribution in [0.4, 0.5) is 5.69 Å². The Morgan fingerprint density at radius 3 is 2.54 bits per heavy atom. The van der Waals surface area contributed by atoms with Gasteiger partial charge in [0.1, 0.15) is 5.69 Å².